The minimum absolute atomic E-state index is 0.0388. The molecule has 9 unspecified atom stereocenters. The molecule has 2 N–H and O–H groups in total. The van der Waals surface area contributed by atoms with Gasteiger partial charge in [0.05, 0.1) is 16.9 Å². The van der Waals surface area contributed by atoms with E-state index in [-0.39, 0.29) is 28.1 Å². The van der Waals surface area contributed by atoms with Gasteiger partial charge in [-0.2, -0.15) is 0 Å². The Morgan fingerprint density at radius 2 is 1.61 bits per heavy atom. The van der Waals surface area contributed by atoms with E-state index < -0.39 is 22.9 Å². The highest BCUT2D eigenvalue weighted by atomic mass is 16.4. The van der Waals surface area contributed by atoms with Crippen molar-refractivity contribution in [2.75, 3.05) is 0 Å². The quantitative estimate of drug-likeness (QED) is 0.393. The van der Waals surface area contributed by atoms with Crippen molar-refractivity contribution in [3.63, 3.8) is 0 Å². The molecular weight excluding hydrogens is 412 g/mol. The van der Waals surface area contributed by atoms with Crippen LogP contribution in [0.2, 0.25) is 0 Å². The molecule has 0 heterocycles. The Hall–Kier alpha value is -1.16. The predicted octanol–water partition coefficient (Wildman–Crippen LogP) is 6.02. The van der Waals surface area contributed by atoms with Gasteiger partial charge in [-0.25, -0.2) is 0 Å². The summed E-state index contributed by atoms with van der Waals surface area (Å²) in [4.78, 5) is 24.9. The standard InChI is InChI=1S/C29H44O4/c1-25(2)14-15-29(24(32)33)13-8-19-18(20(29)16-25)6-7-21-26(19,3)11-9-22-27(21,4)12-10-23(31)28(22,5)17-30/h6,17,19-23,31H,7-16H2,1-5H3,(H,32,33). The lowest BCUT2D eigenvalue weighted by molar-refractivity contribution is -0.190. The molecule has 5 aliphatic carbocycles. The number of rotatable bonds is 2. The summed E-state index contributed by atoms with van der Waals surface area (Å²) in [5.41, 5.74) is 0.611. The summed E-state index contributed by atoms with van der Waals surface area (Å²) in [5.74, 6) is 0.741. The van der Waals surface area contributed by atoms with E-state index in [1.165, 1.54) is 5.57 Å². The summed E-state index contributed by atoms with van der Waals surface area (Å²) in [6.45, 7) is 11.5. The Kier molecular flexibility index (Phi) is 5.13. The second-order valence-electron chi connectivity index (χ2n) is 14.1. The number of aldehydes is 1. The fraction of sp³-hybridized carbons (Fsp3) is 0.862. The van der Waals surface area contributed by atoms with Gasteiger partial charge in [0.2, 0.25) is 0 Å². The molecule has 5 rings (SSSR count). The van der Waals surface area contributed by atoms with E-state index in [1.807, 2.05) is 6.92 Å². The first-order valence-electron chi connectivity index (χ1n) is 13.4. The average molecular weight is 457 g/mol. The number of aliphatic carboxylic acids is 1. The van der Waals surface area contributed by atoms with Crippen LogP contribution in [0.15, 0.2) is 11.6 Å². The first kappa shape index (κ1) is 23.6. The van der Waals surface area contributed by atoms with E-state index in [4.69, 9.17) is 0 Å². The Balaban J connectivity index is 1.55. The van der Waals surface area contributed by atoms with Crippen molar-refractivity contribution in [3.8, 4) is 0 Å². The number of aliphatic hydroxyl groups excluding tert-OH is 1. The molecule has 0 radical (unpaired) electrons. The van der Waals surface area contributed by atoms with Gasteiger partial charge in [0.25, 0.3) is 0 Å². The highest BCUT2D eigenvalue weighted by molar-refractivity contribution is 5.76. The fourth-order valence-corrected chi connectivity index (χ4v) is 10.2. The van der Waals surface area contributed by atoms with Crippen molar-refractivity contribution >= 4 is 12.3 Å². The van der Waals surface area contributed by atoms with Crippen LogP contribution in [0.3, 0.4) is 0 Å². The van der Waals surface area contributed by atoms with Crippen LogP contribution >= 0.6 is 0 Å². The minimum Gasteiger partial charge on any atom is -0.481 e. The number of aliphatic hydroxyl groups is 1. The molecule has 0 saturated heterocycles. The van der Waals surface area contributed by atoms with E-state index >= 15 is 0 Å². The molecule has 4 fully saturated rings. The summed E-state index contributed by atoms with van der Waals surface area (Å²) in [5, 5.41) is 21.2. The molecule has 33 heavy (non-hydrogen) atoms. The van der Waals surface area contributed by atoms with Crippen molar-refractivity contribution < 1.29 is 19.8 Å². The van der Waals surface area contributed by atoms with Crippen LogP contribution in [-0.2, 0) is 9.59 Å². The number of allylic oxidation sites excluding steroid dienone is 2. The molecule has 5 aliphatic rings. The molecule has 0 bridgehead atoms. The summed E-state index contributed by atoms with van der Waals surface area (Å²) >= 11 is 0. The smallest absolute Gasteiger partial charge is 0.310 e. The molecule has 184 valence electrons. The second kappa shape index (κ2) is 7.18. The fourth-order valence-electron chi connectivity index (χ4n) is 10.2. The van der Waals surface area contributed by atoms with E-state index in [9.17, 15) is 19.8 Å². The van der Waals surface area contributed by atoms with E-state index in [0.29, 0.717) is 18.3 Å². The van der Waals surface area contributed by atoms with Gasteiger partial charge < -0.3 is 15.0 Å². The lowest BCUT2D eigenvalue weighted by Gasteiger charge is -2.67. The van der Waals surface area contributed by atoms with E-state index in [1.54, 1.807) is 0 Å². The summed E-state index contributed by atoms with van der Waals surface area (Å²) in [6.07, 6.45) is 12.3. The van der Waals surface area contributed by atoms with Gasteiger partial charge in [-0.3, -0.25) is 4.79 Å². The molecule has 0 aromatic carbocycles. The summed E-state index contributed by atoms with van der Waals surface area (Å²) in [7, 11) is 0. The van der Waals surface area contributed by atoms with Crippen LogP contribution in [-0.4, -0.2) is 28.6 Å². The van der Waals surface area contributed by atoms with E-state index in [2.05, 4.69) is 33.8 Å². The Bertz CT molecular complexity index is 890. The van der Waals surface area contributed by atoms with Gasteiger partial charge in [0, 0.05) is 0 Å². The van der Waals surface area contributed by atoms with Crippen molar-refractivity contribution in [2.45, 2.75) is 105 Å². The number of carbonyl (C=O) groups excluding carboxylic acids is 1. The lowest BCUT2D eigenvalue weighted by Crippen LogP contribution is -2.63. The lowest BCUT2D eigenvalue weighted by atomic mass is 9.37. The molecule has 4 saturated carbocycles. The number of carboxylic acid groups (broad SMARTS) is 1. The maximum atomic E-state index is 12.6. The number of fused-ring (bicyclic) bond motifs is 7. The molecule has 0 aliphatic heterocycles. The monoisotopic (exact) mass is 456 g/mol. The van der Waals surface area contributed by atoms with Gasteiger partial charge >= 0.3 is 5.97 Å². The number of carboxylic acids is 1. The third kappa shape index (κ3) is 2.98. The van der Waals surface area contributed by atoms with Crippen molar-refractivity contribution in [1.82, 2.24) is 0 Å². The maximum Gasteiger partial charge on any atom is 0.310 e. The van der Waals surface area contributed by atoms with Gasteiger partial charge in [0.1, 0.15) is 6.29 Å². The normalized spacial score (nSPS) is 52.9. The van der Waals surface area contributed by atoms with Gasteiger partial charge in [0.15, 0.2) is 0 Å². The first-order chi connectivity index (χ1) is 15.3. The zero-order valence-corrected chi connectivity index (χ0v) is 21.3. The van der Waals surface area contributed by atoms with Crippen LogP contribution in [0.1, 0.15) is 98.8 Å². The van der Waals surface area contributed by atoms with Gasteiger partial charge in [-0.1, -0.05) is 46.3 Å². The van der Waals surface area contributed by atoms with Crippen LogP contribution in [0.25, 0.3) is 0 Å². The third-order valence-electron chi connectivity index (χ3n) is 12.2. The minimum atomic E-state index is -0.656. The third-order valence-corrected chi connectivity index (χ3v) is 12.2. The molecule has 0 spiro atoms. The highest BCUT2D eigenvalue weighted by Gasteiger charge is 2.66. The zero-order valence-electron chi connectivity index (χ0n) is 21.3. The van der Waals surface area contributed by atoms with E-state index in [0.717, 1.165) is 64.1 Å². The molecule has 0 aromatic rings. The van der Waals surface area contributed by atoms with Crippen LogP contribution in [0.4, 0.5) is 0 Å². The molecule has 9 atom stereocenters. The van der Waals surface area contributed by atoms with Crippen molar-refractivity contribution in [1.29, 1.82) is 0 Å². The zero-order chi connectivity index (χ0) is 24.0. The predicted molar refractivity (Wildman–Crippen MR) is 128 cm³/mol. The summed E-state index contributed by atoms with van der Waals surface area (Å²) < 4.78 is 0. The molecule has 4 heteroatoms. The number of hydrogen-bond acceptors (Lipinski definition) is 3. The van der Waals surface area contributed by atoms with Crippen LogP contribution in [0, 0.1) is 50.7 Å². The molecule has 0 amide bonds. The van der Waals surface area contributed by atoms with Gasteiger partial charge in [-0.15, -0.1) is 0 Å². The van der Waals surface area contributed by atoms with Crippen LogP contribution < -0.4 is 0 Å². The summed E-state index contributed by atoms with van der Waals surface area (Å²) in [6, 6.07) is 0. The Labute approximate surface area is 199 Å². The number of carbonyl (C=O) groups is 2. The maximum absolute atomic E-state index is 12.6. The average Bonchev–Trinajstić information content (AvgIpc) is 2.75. The SMILES string of the molecule is CC1(C)CCC2(C(=O)O)CCC3C(=CCC4C3(C)CCC3C(C)(C=O)C(O)CCC34C)C2C1. The van der Waals surface area contributed by atoms with Crippen molar-refractivity contribution in [2.24, 2.45) is 50.7 Å². The molecule has 0 aromatic heterocycles. The Morgan fingerprint density at radius 1 is 0.909 bits per heavy atom. The number of hydrogen-bond donors (Lipinski definition) is 2. The van der Waals surface area contributed by atoms with Crippen LogP contribution in [0.5, 0.6) is 0 Å². The highest BCUT2D eigenvalue weighted by Crippen LogP contribution is 2.71. The first-order valence-corrected chi connectivity index (χ1v) is 13.4. The molecule has 4 nitrogen and oxygen atoms in total. The van der Waals surface area contributed by atoms with Gasteiger partial charge in [-0.05, 0) is 104 Å². The van der Waals surface area contributed by atoms with Crippen molar-refractivity contribution in [3.05, 3.63) is 11.6 Å². The topological polar surface area (TPSA) is 74.6 Å². The largest absolute Gasteiger partial charge is 0.481 e. The second-order valence-corrected chi connectivity index (χ2v) is 14.1. The molecular formula is C29H44O4. The Morgan fingerprint density at radius 3 is 2.27 bits per heavy atom.